The Morgan fingerprint density at radius 2 is 1.00 bits per heavy atom. The first-order chi connectivity index (χ1) is 32.6. The topological polar surface area (TPSA) is 33.5 Å². The van der Waals surface area contributed by atoms with E-state index in [0.717, 1.165) is 34.0 Å². The molecule has 3 heterocycles. The predicted molar refractivity (Wildman–Crippen MR) is 299 cm³/mol. The third kappa shape index (κ3) is 9.02. The molecular weight excluding hydrogens is 853 g/mol. The molecule has 8 aromatic rings. The SMILES string of the molecule is CC(C)(C)c1cc(N2CN(c3cccc(Oc4cc(C(C)(C)C)c5c6ccccc6n(-c6cc(C(C)(C)C)ccn6)c5c4)c3)c3cc(C(C)(C)C)c(C(C)(C)C)cc32)cc(C(C)(C)c2ccccc2)c1. The van der Waals surface area contributed by atoms with Gasteiger partial charge in [0, 0.05) is 45.9 Å². The van der Waals surface area contributed by atoms with Gasteiger partial charge in [0.25, 0.3) is 0 Å². The summed E-state index contributed by atoms with van der Waals surface area (Å²) in [5, 5.41) is 2.44. The average Bonchev–Trinajstić information content (AvgIpc) is 3.83. The molecule has 70 heavy (non-hydrogen) atoms. The first-order valence-corrected chi connectivity index (χ1v) is 25.4. The van der Waals surface area contributed by atoms with Crippen LogP contribution in [0.25, 0.3) is 27.6 Å². The van der Waals surface area contributed by atoms with Gasteiger partial charge in [-0.2, -0.15) is 0 Å². The molecule has 0 bridgehead atoms. The lowest BCUT2D eigenvalue weighted by molar-refractivity contribution is 0.480. The minimum absolute atomic E-state index is 0.0267. The number of para-hydroxylation sites is 1. The number of ether oxygens (including phenoxy) is 1. The van der Waals surface area contributed by atoms with Crippen LogP contribution in [0.2, 0.25) is 0 Å². The quantitative estimate of drug-likeness (QED) is 0.159. The Labute approximate surface area is 419 Å². The van der Waals surface area contributed by atoms with Crippen molar-refractivity contribution in [3.05, 3.63) is 179 Å². The van der Waals surface area contributed by atoms with Crippen molar-refractivity contribution in [2.75, 3.05) is 16.5 Å². The highest BCUT2D eigenvalue weighted by atomic mass is 16.5. The fourth-order valence-electron chi connectivity index (χ4n) is 10.4. The van der Waals surface area contributed by atoms with Gasteiger partial charge in [0.15, 0.2) is 0 Å². The summed E-state index contributed by atoms with van der Waals surface area (Å²) in [5.74, 6) is 2.49. The number of hydrogen-bond donors (Lipinski definition) is 0. The van der Waals surface area contributed by atoms with E-state index in [-0.39, 0.29) is 32.5 Å². The minimum Gasteiger partial charge on any atom is -0.457 e. The summed E-state index contributed by atoms with van der Waals surface area (Å²) in [6, 6.07) is 49.5. The smallest absolute Gasteiger partial charge is 0.137 e. The van der Waals surface area contributed by atoms with Gasteiger partial charge >= 0.3 is 0 Å². The van der Waals surface area contributed by atoms with Crippen LogP contribution in [-0.2, 0) is 32.5 Å². The van der Waals surface area contributed by atoms with Crippen molar-refractivity contribution in [1.29, 1.82) is 0 Å². The van der Waals surface area contributed by atoms with Crippen LogP contribution in [0.15, 0.2) is 140 Å². The second-order valence-electron chi connectivity index (χ2n) is 25.6. The molecule has 0 unspecified atom stereocenters. The van der Waals surface area contributed by atoms with Crippen LogP contribution in [-0.4, -0.2) is 16.2 Å². The second-order valence-corrected chi connectivity index (χ2v) is 25.6. The molecule has 0 saturated carbocycles. The fraction of sp³-hybridized carbons (Fsp3) is 0.369. The van der Waals surface area contributed by atoms with Crippen LogP contribution in [0.1, 0.15) is 157 Å². The van der Waals surface area contributed by atoms with Gasteiger partial charge in [-0.15, -0.1) is 0 Å². The van der Waals surface area contributed by atoms with Crippen LogP contribution < -0.4 is 14.5 Å². The second kappa shape index (κ2) is 16.9. The molecule has 5 heteroatoms. The zero-order chi connectivity index (χ0) is 50.5. The number of pyridine rings is 1. The molecule has 0 atom stereocenters. The summed E-state index contributed by atoms with van der Waals surface area (Å²) in [6.07, 6.45) is 1.95. The van der Waals surface area contributed by atoms with Gasteiger partial charge in [0.2, 0.25) is 0 Å². The Bertz CT molecular complexity index is 3260. The first kappa shape index (κ1) is 48.7. The fourth-order valence-corrected chi connectivity index (χ4v) is 10.4. The Balaban J connectivity index is 1.20. The molecule has 0 aliphatic carbocycles. The average molecular weight is 929 g/mol. The number of fused-ring (bicyclic) bond motifs is 4. The monoisotopic (exact) mass is 929 g/mol. The number of aromatic nitrogens is 2. The lowest BCUT2D eigenvalue weighted by Crippen LogP contribution is -2.26. The molecule has 0 saturated heterocycles. The summed E-state index contributed by atoms with van der Waals surface area (Å²) in [4.78, 5) is 10.0. The third-order valence-electron chi connectivity index (χ3n) is 14.7. The maximum Gasteiger partial charge on any atom is 0.137 e. The maximum atomic E-state index is 7.10. The third-order valence-corrected chi connectivity index (χ3v) is 14.7. The van der Waals surface area contributed by atoms with E-state index >= 15 is 0 Å². The van der Waals surface area contributed by atoms with Crippen molar-refractivity contribution in [3.8, 4) is 17.3 Å². The highest BCUT2D eigenvalue weighted by molar-refractivity contribution is 6.11. The van der Waals surface area contributed by atoms with Crippen molar-refractivity contribution >= 4 is 44.6 Å². The van der Waals surface area contributed by atoms with E-state index in [4.69, 9.17) is 9.72 Å². The Hall–Kier alpha value is -6.33. The van der Waals surface area contributed by atoms with Crippen LogP contribution in [0, 0.1) is 0 Å². The standard InChI is InChI=1S/C65H76N4O/c1-60(2,3)43-30-31-66-58(35-43)69-54-29-22-21-28-50(54)59-53(64(13,14)15)37-49(38-57(59)69)70-48-27-23-26-46(36-48)67-41-68(56-40-52(63(10,11)12)51(39-55(56)67)62(7,8)9)47-33-44(61(4,5)6)32-45(34-47)65(16,17)42-24-19-18-20-25-42/h18-40H,41H2,1-17H3. The maximum absolute atomic E-state index is 7.10. The van der Waals surface area contributed by atoms with E-state index < -0.39 is 0 Å². The van der Waals surface area contributed by atoms with Crippen LogP contribution in [0.3, 0.4) is 0 Å². The molecule has 0 amide bonds. The van der Waals surface area contributed by atoms with E-state index in [1.807, 2.05) is 6.20 Å². The number of hydrogen-bond acceptors (Lipinski definition) is 4. The molecule has 0 N–H and O–H groups in total. The molecule has 362 valence electrons. The van der Waals surface area contributed by atoms with Crippen molar-refractivity contribution in [1.82, 2.24) is 9.55 Å². The van der Waals surface area contributed by atoms with Gasteiger partial charge in [-0.3, -0.25) is 4.57 Å². The Kier molecular flexibility index (Phi) is 11.8. The van der Waals surface area contributed by atoms with E-state index in [9.17, 15) is 0 Å². The van der Waals surface area contributed by atoms with Gasteiger partial charge in [0.05, 0.1) is 22.4 Å². The van der Waals surface area contributed by atoms with Crippen molar-refractivity contribution < 1.29 is 4.74 Å². The summed E-state index contributed by atoms with van der Waals surface area (Å²) >= 11 is 0. The van der Waals surface area contributed by atoms with Gasteiger partial charge < -0.3 is 14.5 Å². The molecule has 0 spiro atoms. The van der Waals surface area contributed by atoms with Crippen molar-refractivity contribution in [2.45, 2.75) is 150 Å². The summed E-state index contributed by atoms with van der Waals surface area (Å²) in [5.41, 5.74) is 15.5. The Morgan fingerprint density at radius 3 is 1.61 bits per heavy atom. The molecular formula is C65H76N4O. The molecule has 2 aromatic heterocycles. The Morgan fingerprint density at radius 1 is 0.414 bits per heavy atom. The summed E-state index contributed by atoms with van der Waals surface area (Å²) in [7, 11) is 0. The molecule has 0 fully saturated rings. The summed E-state index contributed by atoms with van der Waals surface area (Å²) in [6.45, 7) is 40.1. The number of anilines is 4. The lowest BCUT2D eigenvalue weighted by atomic mass is 9.74. The molecule has 1 aliphatic rings. The normalized spacial score (nSPS) is 14.0. The van der Waals surface area contributed by atoms with E-state index in [2.05, 4.69) is 266 Å². The van der Waals surface area contributed by atoms with Gasteiger partial charge in [-0.25, -0.2) is 4.98 Å². The largest absolute Gasteiger partial charge is 0.457 e. The highest BCUT2D eigenvalue weighted by Crippen LogP contribution is 2.51. The van der Waals surface area contributed by atoms with Gasteiger partial charge in [-0.1, -0.05) is 178 Å². The first-order valence-electron chi connectivity index (χ1n) is 25.4. The number of benzene rings is 6. The molecule has 0 radical (unpaired) electrons. The van der Waals surface area contributed by atoms with Crippen LogP contribution in [0.5, 0.6) is 11.5 Å². The van der Waals surface area contributed by atoms with E-state index in [0.29, 0.717) is 6.67 Å². The zero-order valence-corrected chi connectivity index (χ0v) is 45.2. The zero-order valence-electron chi connectivity index (χ0n) is 45.2. The lowest BCUT2D eigenvalue weighted by Gasteiger charge is -2.33. The van der Waals surface area contributed by atoms with Crippen LogP contribution >= 0.6 is 0 Å². The van der Waals surface area contributed by atoms with Gasteiger partial charge in [0.1, 0.15) is 24.0 Å². The molecule has 1 aliphatic heterocycles. The minimum atomic E-state index is -0.213. The van der Waals surface area contributed by atoms with Gasteiger partial charge in [-0.05, 0) is 127 Å². The number of nitrogens with zero attached hydrogens (tertiary/aromatic N) is 4. The van der Waals surface area contributed by atoms with E-state index in [1.54, 1.807) is 0 Å². The molecule has 6 aromatic carbocycles. The van der Waals surface area contributed by atoms with E-state index in [1.165, 1.54) is 66.8 Å². The molecule has 5 nitrogen and oxygen atoms in total. The highest BCUT2D eigenvalue weighted by Gasteiger charge is 2.36. The number of rotatable bonds is 7. The van der Waals surface area contributed by atoms with Crippen molar-refractivity contribution in [2.24, 2.45) is 0 Å². The van der Waals surface area contributed by atoms with Crippen LogP contribution in [0.4, 0.5) is 22.7 Å². The predicted octanol–water partition coefficient (Wildman–Crippen LogP) is 18.0. The summed E-state index contributed by atoms with van der Waals surface area (Å²) < 4.78 is 9.43. The van der Waals surface area contributed by atoms with Crippen molar-refractivity contribution in [3.63, 3.8) is 0 Å². The molecule has 9 rings (SSSR count).